The van der Waals surface area contributed by atoms with Crippen LogP contribution in [0, 0.1) is 0 Å². The summed E-state index contributed by atoms with van der Waals surface area (Å²) >= 11 is 0. The van der Waals surface area contributed by atoms with Crippen molar-refractivity contribution in [2.45, 2.75) is 367 Å². The molecule has 0 aliphatic carbocycles. The zero-order chi connectivity index (χ0) is 57.0. The van der Waals surface area contributed by atoms with Gasteiger partial charge in [-0.1, -0.05) is 321 Å². The smallest absolute Gasteiger partial charge is 0.306 e. The van der Waals surface area contributed by atoms with E-state index in [0.717, 1.165) is 32.1 Å². The van der Waals surface area contributed by atoms with Crippen LogP contribution < -0.4 is 4.89 Å². The summed E-state index contributed by atoms with van der Waals surface area (Å²) in [6, 6.07) is 0. The van der Waals surface area contributed by atoms with Gasteiger partial charge in [-0.3, -0.25) is 14.2 Å². The molecule has 2 atom stereocenters. The van der Waals surface area contributed by atoms with Gasteiger partial charge < -0.3 is 27.9 Å². The van der Waals surface area contributed by atoms with Crippen LogP contribution in [0.5, 0.6) is 0 Å². The van der Waals surface area contributed by atoms with E-state index < -0.39 is 26.5 Å². The number of unbranched alkanes of at least 4 members (excludes halogenated alkanes) is 49. The average Bonchev–Trinajstić information content (AvgIpc) is 3.40. The van der Waals surface area contributed by atoms with Gasteiger partial charge in [0.25, 0.3) is 7.82 Å². The largest absolute Gasteiger partial charge is 0.756 e. The van der Waals surface area contributed by atoms with E-state index in [2.05, 4.69) is 26.0 Å². The van der Waals surface area contributed by atoms with Gasteiger partial charge in [0.05, 0.1) is 27.7 Å². The molecule has 0 aromatic rings. The molecule has 0 saturated heterocycles. The van der Waals surface area contributed by atoms with Crippen molar-refractivity contribution in [2.75, 3.05) is 47.5 Å². The van der Waals surface area contributed by atoms with Crippen molar-refractivity contribution in [3.8, 4) is 0 Å². The third kappa shape index (κ3) is 63.9. The zero-order valence-corrected chi connectivity index (χ0v) is 53.8. The maximum atomic E-state index is 12.9. The van der Waals surface area contributed by atoms with Gasteiger partial charge in [0, 0.05) is 12.8 Å². The quantitative estimate of drug-likeness (QED) is 0.0195. The molecule has 0 radical (unpaired) electrons. The van der Waals surface area contributed by atoms with E-state index in [1.54, 1.807) is 0 Å². The van der Waals surface area contributed by atoms with Crippen molar-refractivity contribution in [1.29, 1.82) is 0 Å². The summed E-state index contributed by atoms with van der Waals surface area (Å²) in [5.41, 5.74) is 0. The number of phosphoric ester groups is 1. The summed E-state index contributed by atoms with van der Waals surface area (Å²) in [4.78, 5) is 38.0. The molecular formula is C68H134NO8P. The number of rotatable bonds is 65. The number of ether oxygens (including phenoxy) is 2. The standard InChI is InChI=1S/C68H134NO8P/c1-6-8-10-12-14-16-18-20-22-24-26-28-30-31-32-33-34-35-36-37-39-41-43-45-47-49-51-53-55-57-59-61-68(71)77-66(65-76-78(72,73)75-63-62-69(3,4)5)64-74-67(70)60-58-56-54-52-50-48-46-44-42-40-38-29-27-25-23-21-19-17-15-13-11-9-7-2/h24,26,66H,6-23,25,27-65H2,1-5H3/b26-24-. The minimum atomic E-state index is -4.63. The summed E-state index contributed by atoms with van der Waals surface area (Å²) < 4.78 is 34.3. The fourth-order valence-corrected chi connectivity index (χ4v) is 11.2. The van der Waals surface area contributed by atoms with Gasteiger partial charge in [-0.25, -0.2) is 0 Å². The lowest BCUT2D eigenvalue weighted by Gasteiger charge is -2.28. The Morgan fingerprint density at radius 1 is 0.385 bits per heavy atom. The monoisotopic (exact) mass is 1120 g/mol. The second-order valence-electron chi connectivity index (χ2n) is 24.9. The van der Waals surface area contributed by atoms with E-state index >= 15 is 0 Å². The second-order valence-corrected chi connectivity index (χ2v) is 26.3. The van der Waals surface area contributed by atoms with Crippen LogP contribution in [-0.2, 0) is 32.7 Å². The first kappa shape index (κ1) is 76.8. The molecule has 0 aromatic heterocycles. The Morgan fingerprint density at radius 3 is 0.949 bits per heavy atom. The van der Waals surface area contributed by atoms with E-state index in [4.69, 9.17) is 18.5 Å². The van der Waals surface area contributed by atoms with Gasteiger partial charge in [0.15, 0.2) is 6.10 Å². The molecule has 78 heavy (non-hydrogen) atoms. The molecule has 10 heteroatoms. The molecule has 0 aromatic carbocycles. The number of phosphoric acid groups is 1. The van der Waals surface area contributed by atoms with Gasteiger partial charge in [0.2, 0.25) is 0 Å². The normalized spacial score (nSPS) is 13.2. The number of nitrogens with zero attached hydrogens (tertiary/aromatic N) is 1. The van der Waals surface area contributed by atoms with Gasteiger partial charge in [-0.15, -0.1) is 0 Å². The summed E-state index contributed by atoms with van der Waals surface area (Å²) in [5.74, 6) is -0.807. The van der Waals surface area contributed by atoms with Crippen LogP contribution in [0.25, 0.3) is 0 Å². The molecule has 2 unspecified atom stereocenters. The lowest BCUT2D eigenvalue weighted by molar-refractivity contribution is -0.870. The number of quaternary nitrogens is 1. The number of esters is 2. The minimum absolute atomic E-state index is 0.0259. The first-order valence-corrected chi connectivity index (χ1v) is 35.9. The number of hydrogen-bond donors (Lipinski definition) is 0. The van der Waals surface area contributed by atoms with E-state index in [-0.39, 0.29) is 32.0 Å². The van der Waals surface area contributed by atoms with Crippen molar-refractivity contribution in [3.05, 3.63) is 12.2 Å². The summed E-state index contributed by atoms with van der Waals surface area (Å²) in [5, 5.41) is 0. The van der Waals surface area contributed by atoms with Crippen molar-refractivity contribution < 1.29 is 42.1 Å². The first-order valence-electron chi connectivity index (χ1n) is 34.4. The van der Waals surface area contributed by atoms with Gasteiger partial charge in [0.1, 0.15) is 19.8 Å². The second kappa shape index (κ2) is 60.3. The Kier molecular flexibility index (Phi) is 59.4. The molecule has 0 spiro atoms. The fourth-order valence-electron chi connectivity index (χ4n) is 10.5. The first-order chi connectivity index (χ1) is 38.0. The zero-order valence-electron chi connectivity index (χ0n) is 52.9. The number of hydrogen-bond acceptors (Lipinski definition) is 8. The fraction of sp³-hybridized carbons (Fsp3) is 0.941. The molecule has 0 heterocycles. The Hall–Kier alpha value is -1.25. The third-order valence-electron chi connectivity index (χ3n) is 15.8. The summed E-state index contributed by atoms with van der Waals surface area (Å²) in [6.45, 7) is 4.32. The minimum Gasteiger partial charge on any atom is -0.756 e. The van der Waals surface area contributed by atoms with Crippen LogP contribution in [-0.4, -0.2) is 70.0 Å². The molecule has 0 aliphatic rings. The average molecular weight is 1120 g/mol. The Morgan fingerprint density at radius 2 is 0.654 bits per heavy atom. The lowest BCUT2D eigenvalue weighted by atomic mass is 10.0. The topological polar surface area (TPSA) is 111 Å². The molecule has 0 saturated carbocycles. The van der Waals surface area contributed by atoms with Crippen molar-refractivity contribution in [3.63, 3.8) is 0 Å². The van der Waals surface area contributed by atoms with E-state index in [0.29, 0.717) is 17.4 Å². The molecule has 0 aliphatic heterocycles. The van der Waals surface area contributed by atoms with E-state index in [1.165, 1.54) is 295 Å². The lowest BCUT2D eigenvalue weighted by Crippen LogP contribution is -2.37. The number of carbonyl (C=O) groups is 2. The predicted molar refractivity (Wildman–Crippen MR) is 333 cm³/mol. The molecule has 0 N–H and O–H groups in total. The Balaban J connectivity index is 3.99. The molecule has 9 nitrogen and oxygen atoms in total. The molecule has 0 bridgehead atoms. The van der Waals surface area contributed by atoms with Crippen LogP contribution in [0.15, 0.2) is 12.2 Å². The molecular weight excluding hydrogens is 990 g/mol. The van der Waals surface area contributed by atoms with Gasteiger partial charge >= 0.3 is 11.9 Å². The maximum absolute atomic E-state index is 12.9. The van der Waals surface area contributed by atoms with Crippen LogP contribution in [0.3, 0.4) is 0 Å². The molecule has 0 rings (SSSR count). The number of likely N-dealkylation sites (N-methyl/N-ethyl adjacent to an activating group) is 1. The highest BCUT2D eigenvalue weighted by Crippen LogP contribution is 2.38. The molecule has 464 valence electrons. The maximum Gasteiger partial charge on any atom is 0.306 e. The summed E-state index contributed by atoms with van der Waals surface area (Å²) in [7, 11) is 1.19. The van der Waals surface area contributed by atoms with Crippen LogP contribution in [0.4, 0.5) is 0 Å². The predicted octanol–water partition coefficient (Wildman–Crippen LogP) is 21.3. The van der Waals surface area contributed by atoms with Crippen molar-refractivity contribution in [1.82, 2.24) is 0 Å². The SMILES string of the molecule is CCCCCCCCCC/C=C\CCCCCCCCCCCCCCCCCCCCCC(=O)OC(COC(=O)CCCCCCCCCCCCCCCCCCCCCCCCC)COP(=O)([O-])OCC[N+](C)(C)C. The van der Waals surface area contributed by atoms with Crippen LogP contribution in [0.1, 0.15) is 361 Å². The van der Waals surface area contributed by atoms with E-state index in [9.17, 15) is 19.0 Å². The van der Waals surface area contributed by atoms with Crippen molar-refractivity contribution >= 4 is 19.8 Å². The Labute approximate surface area is 486 Å². The molecule has 0 fully saturated rings. The van der Waals surface area contributed by atoms with Gasteiger partial charge in [-0.2, -0.15) is 0 Å². The highest BCUT2D eigenvalue weighted by atomic mass is 31.2. The highest BCUT2D eigenvalue weighted by Gasteiger charge is 2.22. The highest BCUT2D eigenvalue weighted by molar-refractivity contribution is 7.45. The number of allylic oxidation sites excluding steroid dienone is 2. The van der Waals surface area contributed by atoms with Gasteiger partial charge in [-0.05, 0) is 38.5 Å². The summed E-state index contributed by atoms with van der Waals surface area (Å²) in [6.07, 6.45) is 72.9. The van der Waals surface area contributed by atoms with E-state index in [1.807, 2.05) is 21.1 Å². The molecule has 0 amide bonds. The third-order valence-corrected chi connectivity index (χ3v) is 16.7. The number of carbonyl (C=O) groups excluding carboxylic acids is 2. The Bertz CT molecular complexity index is 1320. The van der Waals surface area contributed by atoms with Crippen molar-refractivity contribution in [2.24, 2.45) is 0 Å². The van der Waals surface area contributed by atoms with Crippen LogP contribution >= 0.6 is 7.82 Å². The van der Waals surface area contributed by atoms with Crippen LogP contribution in [0.2, 0.25) is 0 Å².